The van der Waals surface area contributed by atoms with Gasteiger partial charge in [-0.25, -0.2) is 0 Å². The average Bonchev–Trinajstić information content (AvgIpc) is 2.81. The first-order valence-electron chi connectivity index (χ1n) is 8.00. The molecule has 1 aliphatic rings. The summed E-state index contributed by atoms with van der Waals surface area (Å²) in [6.07, 6.45) is 0.866. The lowest BCUT2D eigenvalue weighted by molar-refractivity contribution is 0.0883. The van der Waals surface area contributed by atoms with Gasteiger partial charge in [0.15, 0.2) is 5.76 Å². The normalized spacial score (nSPS) is 19.2. The van der Waals surface area contributed by atoms with E-state index in [0.717, 1.165) is 28.9 Å². The first kappa shape index (κ1) is 15.8. The number of amides is 1. The van der Waals surface area contributed by atoms with Crippen molar-refractivity contribution in [3.63, 3.8) is 0 Å². The maximum absolute atomic E-state index is 12.4. The molecule has 0 saturated heterocycles. The highest BCUT2D eigenvalue weighted by Gasteiger charge is 2.37. The molecule has 1 heterocycles. The second-order valence-corrected chi connectivity index (χ2v) is 7.12. The summed E-state index contributed by atoms with van der Waals surface area (Å²) in [5.74, 6) is 0.838. The van der Waals surface area contributed by atoms with Gasteiger partial charge in [-0.3, -0.25) is 4.79 Å². The van der Waals surface area contributed by atoms with Crippen LogP contribution in [0.4, 0.5) is 0 Å². The third-order valence-electron chi connectivity index (χ3n) is 4.49. The van der Waals surface area contributed by atoms with Gasteiger partial charge in [0.25, 0.3) is 5.91 Å². The summed E-state index contributed by atoms with van der Waals surface area (Å²) in [4.78, 5) is 12.4. The summed E-state index contributed by atoms with van der Waals surface area (Å²) in [7, 11) is 0. The molecule has 0 saturated carbocycles. The van der Waals surface area contributed by atoms with Gasteiger partial charge in [0.1, 0.15) is 5.76 Å². The highest BCUT2D eigenvalue weighted by Crippen LogP contribution is 2.43. The van der Waals surface area contributed by atoms with Crippen molar-refractivity contribution in [2.45, 2.75) is 46.3 Å². The molecule has 0 unspecified atom stereocenters. The fourth-order valence-electron chi connectivity index (χ4n) is 3.36. The first-order chi connectivity index (χ1) is 10.9. The number of hydrogen-bond donors (Lipinski definition) is 2. The van der Waals surface area contributed by atoms with Gasteiger partial charge >= 0.3 is 0 Å². The maximum Gasteiger partial charge on any atom is 0.287 e. The molecule has 2 N–H and O–H groups in total. The molecule has 0 spiro atoms. The van der Waals surface area contributed by atoms with Crippen molar-refractivity contribution >= 4 is 5.91 Å². The summed E-state index contributed by atoms with van der Waals surface area (Å²) in [6.45, 7) is 6.51. The number of aliphatic hydroxyl groups is 1. The van der Waals surface area contributed by atoms with E-state index >= 15 is 0 Å². The first-order valence-corrected chi connectivity index (χ1v) is 8.00. The number of aliphatic hydroxyl groups excluding tert-OH is 1. The third-order valence-corrected chi connectivity index (χ3v) is 4.49. The number of carbonyl (C=O) groups excluding carboxylic acids is 1. The van der Waals surface area contributed by atoms with Crippen LogP contribution in [0.1, 0.15) is 59.4 Å². The van der Waals surface area contributed by atoms with Gasteiger partial charge in [0.05, 0.1) is 6.10 Å². The molecule has 1 aromatic carbocycles. The van der Waals surface area contributed by atoms with E-state index < -0.39 is 6.10 Å². The molecule has 1 amide bonds. The fourth-order valence-corrected chi connectivity index (χ4v) is 3.36. The van der Waals surface area contributed by atoms with Crippen LogP contribution in [-0.4, -0.2) is 11.0 Å². The number of benzene rings is 1. The van der Waals surface area contributed by atoms with Crippen LogP contribution in [0.5, 0.6) is 0 Å². The number of nitrogens with one attached hydrogen (secondary N) is 1. The lowest BCUT2D eigenvalue weighted by Crippen LogP contribution is -2.25. The van der Waals surface area contributed by atoms with Gasteiger partial charge in [-0.15, -0.1) is 0 Å². The predicted octanol–water partition coefficient (Wildman–Crippen LogP) is 3.52. The Balaban J connectivity index is 1.80. The van der Waals surface area contributed by atoms with Gasteiger partial charge in [-0.05, 0) is 24.3 Å². The third kappa shape index (κ3) is 3.17. The Morgan fingerprint density at radius 1 is 1.35 bits per heavy atom. The quantitative estimate of drug-likeness (QED) is 0.911. The lowest BCUT2D eigenvalue weighted by atomic mass is 9.75. The Morgan fingerprint density at radius 3 is 2.74 bits per heavy atom. The average molecular weight is 313 g/mol. The van der Waals surface area contributed by atoms with Crippen LogP contribution in [0.3, 0.4) is 0 Å². The largest absolute Gasteiger partial charge is 0.455 e. The number of fused-ring (bicyclic) bond motifs is 1. The van der Waals surface area contributed by atoms with Crippen LogP contribution < -0.4 is 5.32 Å². The maximum atomic E-state index is 12.4. The van der Waals surface area contributed by atoms with Crippen LogP contribution in [0, 0.1) is 12.3 Å². The van der Waals surface area contributed by atoms with Crippen molar-refractivity contribution in [3.8, 4) is 0 Å². The topological polar surface area (TPSA) is 62.5 Å². The van der Waals surface area contributed by atoms with Crippen molar-refractivity contribution in [2.24, 2.45) is 5.41 Å². The van der Waals surface area contributed by atoms with Gasteiger partial charge in [0, 0.05) is 24.1 Å². The monoisotopic (exact) mass is 313 g/mol. The SMILES string of the molecule is Cc1c(C(=O)NCc2ccccc2)oc2c1[C@@H](O)CC(C)(C)C2. The van der Waals surface area contributed by atoms with E-state index in [2.05, 4.69) is 19.2 Å². The van der Waals surface area contributed by atoms with E-state index in [4.69, 9.17) is 4.42 Å². The second kappa shape index (κ2) is 5.85. The molecule has 0 aliphatic heterocycles. The smallest absolute Gasteiger partial charge is 0.287 e. The number of rotatable bonds is 3. The van der Waals surface area contributed by atoms with Crippen molar-refractivity contribution in [2.75, 3.05) is 0 Å². The molecule has 4 heteroatoms. The van der Waals surface area contributed by atoms with Gasteiger partial charge in [-0.2, -0.15) is 0 Å². The van der Waals surface area contributed by atoms with Crippen LogP contribution in [0.15, 0.2) is 34.7 Å². The zero-order valence-electron chi connectivity index (χ0n) is 13.8. The predicted molar refractivity (Wildman–Crippen MR) is 88.1 cm³/mol. The molecule has 0 radical (unpaired) electrons. The Bertz CT molecular complexity index is 716. The van der Waals surface area contributed by atoms with Crippen LogP contribution >= 0.6 is 0 Å². The summed E-state index contributed by atoms with van der Waals surface area (Å²) >= 11 is 0. The molecule has 23 heavy (non-hydrogen) atoms. The molecular formula is C19H23NO3. The van der Waals surface area contributed by atoms with Crippen LogP contribution in [-0.2, 0) is 13.0 Å². The standard InChI is InChI=1S/C19H23NO3/c1-12-16-14(21)9-19(2,3)10-15(16)23-17(12)18(22)20-11-13-7-5-4-6-8-13/h4-8,14,21H,9-11H2,1-3H3,(H,20,22)/t14-/m0/s1. The second-order valence-electron chi connectivity index (χ2n) is 7.12. The van der Waals surface area contributed by atoms with Crippen molar-refractivity contribution in [1.29, 1.82) is 0 Å². The van der Waals surface area contributed by atoms with Gasteiger partial charge in [-0.1, -0.05) is 44.2 Å². The van der Waals surface area contributed by atoms with Crippen molar-refractivity contribution in [3.05, 3.63) is 58.5 Å². The molecule has 1 aromatic heterocycles. The van der Waals surface area contributed by atoms with E-state index in [-0.39, 0.29) is 11.3 Å². The lowest BCUT2D eigenvalue weighted by Gasteiger charge is -2.31. The minimum absolute atomic E-state index is 0.0194. The molecule has 1 aliphatic carbocycles. The van der Waals surface area contributed by atoms with E-state index in [1.807, 2.05) is 37.3 Å². The molecular weight excluding hydrogens is 290 g/mol. The summed E-state index contributed by atoms with van der Waals surface area (Å²) < 4.78 is 5.82. The molecule has 1 atom stereocenters. The molecule has 2 aromatic rings. The Labute approximate surface area is 136 Å². The Kier molecular flexibility index (Phi) is 4.02. The molecule has 0 bridgehead atoms. The van der Waals surface area contributed by atoms with E-state index in [9.17, 15) is 9.90 Å². The van der Waals surface area contributed by atoms with E-state index in [1.165, 1.54) is 0 Å². The Hall–Kier alpha value is -2.07. The number of furan rings is 1. The zero-order valence-corrected chi connectivity index (χ0v) is 13.8. The highest BCUT2D eigenvalue weighted by molar-refractivity contribution is 5.93. The van der Waals surface area contributed by atoms with Gasteiger partial charge < -0.3 is 14.8 Å². The minimum Gasteiger partial charge on any atom is -0.455 e. The Morgan fingerprint density at radius 2 is 2.04 bits per heavy atom. The van der Waals surface area contributed by atoms with Crippen LogP contribution in [0.25, 0.3) is 0 Å². The summed E-state index contributed by atoms with van der Waals surface area (Å²) in [5.41, 5.74) is 2.58. The number of hydrogen-bond acceptors (Lipinski definition) is 3. The number of carbonyl (C=O) groups is 1. The summed E-state index contributed by atoms with van der Waals surface area (Å²) in [6, 6.07) is 9.76. The fraction of sp³-hybridized carbons (Fsp3) is 0.421. The molecule has 4 nitrogen and oxygen atoms in total. The minimum atomic E-state index is -0.562. The van der Waals surface area contributed by atoms with Crippen LogP contribution in [0.2, 0.25) is 0 Å². The van der Waals surface area contributed by atoms with Gasteiger partial charge in [0.2, 0.25) is 0 Å². The molecule has 122 valence electrons. The summed E-state index contributed by atoms with van der Waals surface area (Å²) in [5, 5.41) is 13.3. The zero-order chi connectivity index (χ0) is 16.6. The van der Waals surface area contributed by atoms with E-state index in [1.54, 1.807) is 0 Å². The molecule has 0 fully saturated rings. The van der Waals surface area contributed by atoms with Crippen molar-refractivity contribution in [1.82, 2.24) is 5.32 Å². The molecule has 3 rings (SSSR count). The highest BCUT2D eigenvalue weighted by atomic mass is 16.4. The van der Waals surface area contributed by atoms with Crippen molar-refractivity contribution < 1.29 is 14.3 Å². The van der Waals surface area contributed by atoms with E-state index in [0.29, 0.717) is 18.7 Å².